The van der Waals surface area contributed by atoms with Gasteiger partial charge >= 0.3 is 6.03 Å². The zero-order valence-electron chi connectivity index (χ0n) is 16.8. The molecule has 0 saturated carbocycles. The Bertz CT molecular complexity index is 1230. The molecule has 4 rings (SSSR count). The Morgan fingerprint density at radius 2 is 1.77 bits per heavy atom. The van der Waals surface area contributed by atoms with Gasteiger partial charge in [-0.15, -0.1) is 0 Å². The van der Waals surface area contributed by atoms with Crippen molar-refractivity contribution in [1.82, 2.24) is 9.72 Å². The van der Waals surface area contributed by atoms with Crippen LogP contribution in [-0.2, 0) is 6.54 Å². The van der Waals surface area contributed by atoms with E-state index in [2.05, 4.69) is 15.8 Å². The predicted octanol–water partition coefficient (Wildman–Crippen LogP) is 4.96. The van der Waals surface area contributed by atoms with E-state index < -0.39 is 0 Å². The van der Waals surface area contributed by atoms with Crippen LogP contribution >= 0.6 is 0 Å². The summed E-state index contributed by atoms with van der Waals surface area (Å²) in [7, 11) is 0. The van der Waals surface area contributed by atoms with Crippen molar-refractivity contribution in [2.75, 3.05) is 10.6 Å². The quantitative estimate of drug-likeness (QED) is 0.494. The lowest BCUT2D eigenvalue weighted by Gasteiger charge is -2.15. The standard InChI is InChI=1S/C23H22N4O3/c1-15(2)13-27-14-20(18-5-3-4-6-19(18)22(27)28)26-23(29)25-17-9-7-16(8-10-17)21-11-12-24-30-21/h3-12,14-15H,13H2,1-2H3,(H2,25,26,29). The van der Waals surface area contributed by atoms with Crippen LogP contribution < -0.4 is 16.2 Å². The fourth-order valence-electron chi connectivity index (χ4n) is 3.34. The zero-order valence-corrected chi connectivity index (χ0v) is 16.8. The molecule has 2 aromatic carbocycles. The molecule has 4 aromatic rings. The molecule has 2 aromatic heterocycles. The molecule has 0 aliphatic heterocycles. The van der Waals surface area contributed by atoms with Gasteiger partial charge in [0.15, 0.2) is 5.76 Å². The van der Waals surface area contributed by atoms with Gasteiger partial charge in [-0.3, -0.25) is 4.79 Å². The van der Waals surface area contributed by atoms with E-state index in [-0.39, 0.29) is 11.6 Å². The third-order valence-electron chi connectivity index (χ3n) is 4.67. The highest BCUT2D eigenvalue weighted by atomic mass is 16.5. The summed E-state index contributed by atoms with van der Waals surface area (Å²) in [6.07, 6.45) is 3.29. The highest BCUT2D eigenvalue weighted by Gasteiger charge is 2.12. The number of hydrogen-bond acceptors (Lipinski definition) is 4. The van der Waals surface area contributed by atoms with E-state index >= 15 is 0 Å². The number of aromatic nitrogens is 2. The minimum Gasteiger partial charge on any atom is -0.356 e. The normalized spacial score (nSPS) is 11.0. The highest BCUT2D eigenvalue weighted by molar-refractivity contribution is 6.05. The van der Waals surface area contributed by atoms with Crippen molar-refractivity contribution in [3.8, 4) is 11.3 Å². The lowest BCUT2D eigenvalue weighted by atomic mass is 10.1. The first kappa shape index (κ1) is 19.4. The molecule has 0 aliphatic carbocycles. The van der Waals surface area contributed by atoms with E-state index in [9.17, 15) is 9.59 Å². The molecule has 0 radical (unpaired) electrons. The Hall–Kier alpha value is -3.87. The fourth-order valence-corrected chi connectivity index (χ4v) is 3.34. The first-order chi connectivity index (χ1) is 14.5. The number of amides is 2. The van der Waals surface area contributed by atoms with Gasteiger partial charge in [-0.2, -0.15) is 0 Å². The van der Waals surface area contributed by atoms with Gasteiger partial charge in [0.1, 0.15) is 0 Å². The molecule has 0 aliphatic rings. The smallest absolute Gasteiger partial charge is 0.323 e. The predicted molar refractivity (Wildman–Crippen MR) is 118 cm³/mol. The monoisotopic (exact) mass is 402 g/mol. The minimum absolute atomic E-state index is 0.0618. The molecule has 0 atom stereocenters. The van der Waals surface area contributed by atoms with E-state index in [1.54, 1.807) is 41.2 Å². The Morgan fingerprint density at radius 3 is 2.43 bits per heavy atom. The number of carbonyl (C=O) groups excluding carboxylic acids is 1. The van der Waals surface area contributed by atoms with Crippen molar-refractivity contribution in [3.63, 3.8) is 0 Å². The number of hydrogen-bond donors (Lipinski definition) is 2. The Kier molecular flexibility index (Phi) is 5.34. The maximum atomic E-state index is 12.7. The van der Waals surface area contributed by atoms with E-state index in [0.29, 0.717) is 40.4 Å². The van der Waals surface area contributed by atoms with Gasteiger partial charge < -0.3 is 19.7 Å². The van der Waals surface area contributed by atoms with Crippen LogP contribution in [0.25, 0.3) is 22.1 Å². The molecule has 0 fully saturated rings. The average Bonchev–Trinajstić information content (AvgIpc) is 3.26. The number of rotatable bonds is 5. The summed E-state index contributed by atoms with van der Waals surface area (Å²) >= 11 is 0. The second-order valence-electron chi connectivity index (χ2n) is 7.47. The number of urea groups is 1. The van der Waals surface area contributed by atoms with Gasteiger partial charge in [0.05, 0.1) is 11.9 Å². The van der Waals surface area contributed by atoms with E-state index in [4.69, 9.17) is 4.52 Å². The average molecular weight is 402 g/mol. The number of benzene rings is 2. The first-order valence-corrected chi connectivity index (χ1v) is 9.72. The third-order valence-corrected chi connectivity index (χ3v) is 4.67. The molecule has 30 heavy (non-hydrogen) atoms. The number of nitrogens with one attached hydrogen (secondary N) is 2. The maximum Gasteiger partial charge on any atom is 0.323 e. The number of fused-ring (bicyclic) bond motifs is 1. The molecule has 0 saturated heterocycles. The topological polar surface area (TPSA) is 89.2 Å². The summed E-state index contributed by atoms with van der Waals surface area (Å²) < 4.78 is 6.78. The molecule has 2 amide bonds. The number of carbonyl (C=O) groups is 1. The summed E-state index contributed by atoms with van der Waals surface area (Å²) in [5.41, 5.74) is 2.02. The van der Waals surface area contributed by atoms with Crippen molar-refractivity contribution in [2.45, 2.75) is 20.4 Å². The lowest BCUT2D eigenvalue weighted by molar-refractivity contribution is 0.262. The largest absolute Gasteiger partial charge is 0.356 e. The minimum atomic E-state index is -0.387. The summed E-state index contributed by atoms with van der Waals surface area (Å²) in [5.74, 6) is 0.957. The Labute approximate surface area is 173 Å². The van der Waals surface area contributed by atoms with Crippen LogP contribution in [0.4, 0.5) is 16.2 Å². The molecular formula is C23H22N4O3. The molecule has 7 heteroatoms. The number of pyridine rings is 1. The second kappa shape index (κ2) is 8.24. The zero-order chi connectivity index (χ0) is 21.1. The van der Waals surface area contributed by atoms with Gasteiger partial charge in [-0.1, -0.05) is 37.2 Å². The van der Waals surface area contributed by atoms with E-state index in [1.165, 1.54) is 0 Å². The van der Waals surface area contributed by atoms with E-state index in [1.807, 2.05) is 44.2 Å². The summed E-state index contributed by atoms with van der Waals surface area (Å²) in [5, 5.41) is 10.7. The van der Waals surface area contributed by atoms with Crippen LogP contribution in [0.15, 0.2) is 76.3 Å². The molecule has 0 spiro atoms. The number of nitrogens with zero attached hydrogens (tertiary/aromatic N) is 2. The molecule has 7 nitrogen and oxygen atoms in total. The highest BCUT2D eigenvalue weighted by Crippen LogP contribution is 2.23. The van der Waals surface area contributed by atoms with Crippen molar-refractivity contribution in [3.05, 3.63) is 77.3 Å². The maximum absolute atomic E-state index is 12.7. The van der Waals surface area contributed by atoms with Gasteiger partial charge in [0.25, 0.3) is 5.56 Å². The molecule has 0 unspecified atom stereocenters. The van der Waals surface area contributed by atoms with Crippen molar-refractivity contribution >= 4 is 28.2 Å². The second-order valence-corrected chi connectivity index (χ2v) is 7.47. The molecule has 2 heterocycles. The Balaban J connectivity index is 1.57. The van der Waals surface area contributed by atoms with Crippen molar-refractivity contribution in [1.29, 1.82) is 0 Å². The molecule has 152 valence electrons. The SMILES string of the molecule is CC(C)Cn1cc(NC(=O)Nc2ccc(-c3ccno3)cc2)c2ccccc2c1=O. The number of anilines is 2. The van der Waals surface area contributed by atoms with Crippen LogP contribution in [0.5, 0.6) is 0 Å². The van der Waals surface area contributed by atoms with Crippen LogP contribution in [0.3, 0.4) is 0 Å². The van der Waals surface area contributed by atoms with Crippen LogP contribution in [0.1, 0.15) is 13.8 Å². The molecule has 2 N–H and O–H groups in total. The summed E-state index contributed by atoms with van der Waals surface area (Å²) in [6, 6.07) is 15.9. The molecular weight excluding hydrogens is 380 g/mol. The van der Waals surface area contributed by atoms with Crippen LogP contribution in [0, 0.1) is 5.92 Å². The van der Waals surface area contributed by atoms with Gasteiger partial charge in [0, 0.05) is 40.8 Å². The summed E-state index contributed by atoms with van der Waals surface area (Å²) in [6.45, 7) is 4.66. The van der Waals surface area contributed by atoms with Gasteiger partial charge in [0.2, 0.25) is 0 Å². The van der Waals surface area contributed by atoms with Gasteiger partial charge in [-0.05, 0) is 36.2 Å². The fraction of sp³-hybridized carbons (Fsp3) is 0.174. The summed E-state index contributed by atoms with van der Waals surface area (Å²) in [4.78, 5) is 25.4. The molecule has 0 bridgehead atoms. The van der Waals surface area contributed by atoms with Gasteiger partial charge in [-0.25, -0.2) is 4.79 Å². The first-order valence-electron chi connectivity index (χ1n) is 9.72. The van der Waals surface area contributed by atoms with E-state index in [0.717, 1.165) is 5.56 Å². The van der Waals surface area contributed by atoms with Crippen molar-refractivity contribution < 1.29 is 9.32 Å². The van der Waals surface area contributed by atoms with Crippen LogP contribution in [-0.4, -0.2) is 15.8 Å². The van der Waals surface area contributed by atoms with Crippen LogP contribution in [0.2, 0.25) is 0 Å². The third kappa shape index (κ3) is 4.10. The van der Waals surface area contributed by atoms with Crippen molar-refractivity contribution in [2.24, 2.45) is 5.92 Å². The Morgan fingerprint density at radius 1 is 1.03 bits per heavy atom. The lowest BCUT2D eigenvalue weighted by Crippen LogP contribution is -2.25.